The highest BCUT2D eigenvalue weighted by Crippen LogP contribution is 2.18. The third kappa shape index (κ3) is 7.39. The number of amides is 2. The average Bonchev–Trinajstić information content (AvgIpc) is 2.83. The molecule has 0 bridgehead atoms. The van der Waals surface area contributed by atoms with Gasteiger partial charge in [0.25, 0.3) is 0 Å². The molecule has 9 heteroatoms. The number of hydrogen-bond acceptors (Lipinski definition) is 5. The monoisotopic (exact) mass is 581 g/mol. The number of hydrogen-bond donors (Lipinski definition) is 3. The van der Waals surface area contributed by atoms with E-state index in [0.717, 1.165) is 21.9 Å². The lowest BCUT2D eigenvalue weighted by atomic mass is 10.0. The molecular weight excluding hydrogens is 556 g/mol. The van der Waals surface area contributed by atoms with Crippen LogP contribution in [-0.4, -0.2) is 37.6 Å². The molecule has 3 rings (SSSR count). The van der Waals surface area contributed by atoms with E-state index in [0.29, 0.717) is 6.54 Å². The molecule has 2 amide bonds. The van der Waals surface area contributed by atoms with Crippen molar-refractivity contribution in [1.29, 1.82) is 0 Å². The zero-order valence-corrected chi connectivity index (χ0v) is 21.0. The van der Waals surface area contributed by atoms with Gasteiger partial charge in [-0.1, -0.05) is 54.6 Å². The van der Waals surface area contributed by atoms with Crippen molar-refractivity contribution < 1.29 is 18.7 Å². The maximum absolute atomic E-state index is 13.3. The lowest BCUT2D eigenvalue weighted by molar-refractivity contribution is -0.130. The van der Waals surface area contributed by atoms with Crippen LogP contribution in [0.1, 0.15) is 11.1 Å². The van der Waals surface area contributed by atoms with E-state index < -0.39 is 12.1 Å². The number of nitrogens with one attached hydrogen (secondary N) is 3. The fourth-order valence-corrected chi connectivity index (χ4v) is 4.68. The van der Waals surface area contributed by atoms with Gasteiger partial charge in [-0.15, -0.1) is 0 Å². The van der Waals surface area contributed by atoms with Gasteiger partial charge < -0.3 is 15.4 Å². The van der Waals surface area contributed by atoms with E-state index in [1.807, 2.05) is 63.7 Å². The molecule has 0 aromatic heterocycles. The molecule has 0 aliphatic rings. The van der Waals surface area contributed by atoms with E-state index in [2.05, 4.69) is 15.4 Å². The molecule has 0 saturated heterocycles. The number of carbonyl (C=O) groups excluding carboxylic acids is 2. The van der Waals surface area contributed by atoms with Crippen molar-refractivity contribution in [2.24, 2.45) is 0 Å². The SMILES string of the molecule is COC[C@H](NSI)C(=O)N[C@@H](Cc1ccc(F)cc1)C(=O)NCc1cccc2ccccc12. The maximum Gasteiger partial charge on any atom is 0.243 e. The maximum atomic E-state index is 13.3. The first-order valence-electron chi connectivity index (χ1n) is 10.3. The second-order valence-corrected chi connectivity index (χ2v) is 9.16. The molecule has 174 valence electrons. The van der Waals surface area contributed by atoms with Gasteiger partial charge in [0.1, 0.15) is 17.9 Å². The minimum absolute atomic E-state index is 0.155. The summed E-state index contributed by atoms with van der Waals surface area (Å²) in [5, 5.41) is 7.91. The Morgan fingerprint density at radius 2 is 1.73 bits per heavy atom. The van der Waals surface area contributed by atoms with Gasteiger partial charge in [-0.05, 0) is 43.2 Å². The molecule has 0 unspecified atom stereocenters. The number of methoxy groups -OCH3 is 1. The van der Waals surface area contributed by atoms with Gasteiger partial charge in [-0.3, -0.25) is 9.59 Å². The fraction of sp³-hybridized carbons (Fsp3) is 0.250. The van der Waals surface area contributed by atoms with Gasteiger partial charge in [0, 0.05) is 41.3 Å². The molecular formula is C24H25FIN3O3S. The third-order valence-corrected chi connectivity index (χ3v) is 6.29. The van der Waals surface area contributed by atoms with Gasteiger partial charge in [0.05, 0.1) is 6.61 Å². The molecule has 0 aliphatic heterocycles. The van der Waals surface area contributed by atoms with Gasteiger partial charge in [-0.2, -0.15) is 0 Å². The zero-order chi connectivity index (χ0) is 23.6. The standard InChI is InChI=1S/C24H25FIN3O3S/c1-32-15-22(29-33-26)24(31)28-21(13-16-9-11-19(25)12-10-16)23(30)27-14-18-7-4-6-17-5-2-3-8-20(17)18/h2-12,21-22,29H,13-15H2,1H3,(H,27,30)(H,28,31)/t21-,22-/m0/s1. The van der Waals surface area contributed by atoms with Crippen LogP contribution >= 0.6 is 30.3 Å². The molecule has 3 aromatic rings. The molecule has 3 aromatic carbocycles. The van der Waals surface area contributed by atoms with Crippen molar-refractivity contribution in [3.8, 4) is 0 Å². The first-order chi connectivity index (χ1) is 16.0. The van der Waals surface area contributed by atoms with E-state index in [4.69, 9.17) is 4.74 Å². The molecule has 33 heavy (non-hydrogen) atoms. The van der Waals surface area contributed by atoms with E-state index >= 15 is 0 Å². The highest BCUT2D eigenvalue weighted by molar-refractivity contribution is 14.2. The summed E-state index contributed by atoms with van der Waals surface area (Å²) in [7, 11) is 2.77. The van der Waals surface area contributed by atoms with Gasteiger partial charge in [0.2, 0.25) is 11.8 Å². The highest BCUT2D eigenvalue weighted by atomic mass is 127. The minimum Gasteiger partial charge on any atom is -0.382 e. The van der Waals surface area contributed by atoms with Crippen molar-refractivity contribution in [2.45, 2.75) is 25.0 Å². The van der Waals surface area contributed by atoms with Crippen LogP contribution in [0.3, 0.4) is 0 Å². The molecule has 0 fully saturated rings. The van der Waals surface area contributed by atoms with Crippen LogP contribution in [0, 0.1) is 5.82 Å². The summed E-state index contributed by atoms with van der Waals surface area (Å²) in [6, 6.07) is 18.3. The Balaban J connectivity index is 1.75. The Morgan fingerprint density at radius 3 is 2.45 bits per heavy atom. The van der Waals surface area contributed by atoms with Gasteiger partial charge >= 0.3 is 0 Å². The molecule has 0 spiro atoms. The van der Waals surface area contributed by atoms with Gasteiger partial charge in [-0.25, -0.2) is 9.11 Å². The van der Waals surface area contributed by atoms with E-state index in [9.17, 15) is 14.0 Å². The minimum atomic E-state index is -0.835. The van der Waals surface area contributed by atoms with Crippen molar-refractivity contribution in [3.63, 3.8) is 0 Å². The lowest BCUT2D eigenvalue weighted by Crippen LogP contribution is -2.53. The summed E-state index contributed by atoms with van der Waals surface area (Å²) in [6.07, 6.45) is 0.227. The molecule has 2 atom stereocenters. The Hall–Kier alpha value is -2.21. The van der Waals surface area contributed by atoms with E-state index in [1.165, 1.54) is 28.4 Å². The highest BCUT2D eigenvalue weighted by Gasteiger charge is 2.26. The molecule has 0 radical (unpaired) electrons. The lowest BCUT2D eigenvalue weighted by Gasteiger charge is -2.22. The van der Waals surface area contributed by atoms with Crippen molar-refractivity contribution >= 4 is 52.9 Å². The quantitative estimate of drug-likeness (QED) is 0.237. The van der Waals surface area contributed by atoms with E-state index in [1.54, 1.807) is 12.1 Å². The summed E-state index contributed by atoms with van der Waals surface area (Å²) in [5.41, 5.74) is 1.72. The van der Waals surface area contributed by atoms with Crippen molar-refractivity contribution in [2.75, 3.05) is 13.7 Å². The summed E-state index contributed by atoms with van der Waals surface area (Å²) in [5.74, 6) is -1.03. The number of rotatable bonds is 11. The number of halogens is 2. The smallest absolute Gasteiger partial charge is 0.243 e. The van der Waals surface area contributed by atoms with Crippen LogP contribution < -0.4 is 15.4 Å². The molecule has 3 N–H and O–H groups in total. The number of carbonyl (C=O) groups is 2. The van der Waals surface area contributed by atoms with Crippen molar-refractivity contribution in [1.82, 2.24) is 15.4 Å². The zero-order valence-electron chi connectivity index (χ0n) is 18.0. The Morgan fingerprint density at radius 1 is 1.00 bits per heavy atom. The van der Waals surface area contributed by atoms with Crippen LogP contribution in [-0.2, 0) is 27.3 Å². The Bertz CT molecular complexity index is 1070. The largest absolute Gasteiger partial charge is 0.382 e. The number of benzene rings is 3. The predicted octanol–water partition coefficient (Wildman–Crippen LogP) is 3.93. The molecule has 0 heterocycles. The molecule has 0 saturated carbocycles. The van der Waals surface area contributed by atoms with Crippen LogP contribution in [0.15, 0.2) is 66.7 Å². The summed E-state index contributed by atoms with van der Waals surface area (Å²) in [4.78, 5) is 26.0. The molecule has 6 nitrogen and oxygen atoms in total. The Kier molecular flexibility index (Phi) is 9.92. The van der Waals surface area contributed by atoms with E-state index in [-0.39, 0.29) is 30.7 Å². The van der Waals surface area contributed by atoms with Crippen LogP contribution in [0.2, 0.25) is 0 Å². The first-order valence-corrected chi connectivity index (χ1v) is 13.7. The summed E-state index contributed by atoms with van der Waals surface area (Å²) < 4.78 is 21.4. The first kappa shape index (κ1) is 25.4. The summed E-state index contributed by atoms with van der Waals surface area (Å²) >= 11 is 2.03. The number of ether oxygens (including phenoxy) is 1. The van der Waals surface area contributed by atoms with Crippen LogP contribution in [0.4, 0.5) is 4.39 Å². The second kappa shape index (κ2) is 12.9. The van der Waals surface area contributed by atoms with Crippen molar-refractivity contribution in [3.05, 3.63) is 83.7 Å². The normalized spacial score (nSPS) is 12.8. The predicted molar refractivity (Wildman–Crippen MR) is 138 cm³/mol. The van der Waals surface area contributed by atoms with Gasteiger partial charge in [0.15, 0.2) is 0 Å². The Labute approximate surface area is 208 Å². The average molecular weight is 581 g/mol. The summed E-state index contributed by atoms with van der Waals surface area (Å²) in [6.45, 7) is 0.474. The topological polar surface area (TPSA) is 79.5 Å². The number of fused-ring (bicyclic) bond motifs is 1. The second-order valence-electron chi connectivity index (χ2n) is 7.45. The van der Waals surface area contributed by atoms with Crippen LogP contribution in [0.5, 0.6) is 0 Å². The fourth-order valence-electron chi connectivity index (χ4n) is 3.47. The third-order valence-electron chi connectivity index (χ3n) is 5.16. The molecule has 0 aliphatic carbocycles. The van der Waals surface area contributed by atoms with Crippen LogP contribution in [0.25, 0.3) is 10.8 Å².